The van der Waals surface area contributed by atoms with E-state index in [1.54, 1.807) is 20.8 Å². The van der Waals surface area contributed by atoms with E-state index < -0.39 is 29.7 Å². The second-order valence-corrected chi connectivity index (χ2v) is 9.60. The smallest absolute Gasteiger partial charge is 0.408 e. The molecule has 1 aromatic heterocycles. The molecule has 10 nitrogen and oxygen atoms in total. The Balaban J connectivity index is 1.55. The number of H-pyrrole nitrogens is 1. The maximum absolute atomic E-state index is 13.0. The standard InChI is InChI=1S/C28H34N4O6/c1-5-14-36-26(34)29-17-19-10-12-20(13-11-19)18-37-32-25(33)24(31-27(35)38-28(2,3)4)16-22-15-21-8-6-7-9-23(21)30-22/h5-13,15,24,30H,1,14,16-18H2,2-4H3,(H,29,34)(H,31,35)(H,32,33)/t24-/m1/s1. The minimum Gasteiger partial charge on any atom is -0.445 e. The topological polar surface area (TPSA) is 131 Å². The molecule has 3 aromatic rings. The predicted octanol–water partition coefficient (Wildman–Crippen LogP) is 4.26. The van der Waals surface area contributed by atoms with Crippen molar-refractivity contribution in [1.29, 1.82) is 0 Å². The molecule has 202 valence electrons. The molecule has 0 spiro atoms. The Morgan fingerprint density at radius 2 is 1.74 bits per heavy atom. The van der Waals surface area contributed by atoms with Crippen LogP contribution in [0.2, 0.25) is 0 Å². The highest BCUT2D eigenvalue weighted by Gasteiger charge is 2.25. The van der Waals surface area contributed by atoms with Crippen molar-refractivity contribution in [3.05, 3.63) is 84.1 Å². The molecule has 3 rings (SSSR count). The van der Waals surface area contributed by atoms with E-state index in [0.29, 0.717) is 6.54 Å². The van der Waals surface area contributed by atoms with Gasteiger partial charge >= 0.3 is 12.2 Å². The molecule has 0 aliphatic rings. The number of carbonyl (C=O) groups is 3. The summed E-state index contributed by atoms with van der Waals surface area (Å²) in [5.74, 6) is -0.520. The van der Waals surface area contributed by atoms with Gasteiger partial charge in [-0.1, -0.05) is 55.1 Å². The van der Waals surface area contributed by atoms with Crippen molar-refractivity contribution < 1.29 is 28.7 Å². The molecular weight excluding hydrogens is 488 g/mol. The SMILES string of the molecule is C=CCOC(=O)NCc1ccc(CONC(=O)[C@@H](Cc2cc3ccccc3[nH]2)NC(=O)OC(C)(C)C)cc1. The van der Waals surface area contributed by atoms with Crippen molar-refractivity contribution in [1.82, 2.24) is 21.1 Å². The Hall–Kier alpha value is -4.31. The van der Waals surface area contributed by atoms with Crippen LogP contribution >= 0.6 is 0 Å². The van der Waals surface area contributed by atoms with Crippen LogP contribution in [0.4, 0.5) is 9.59 Å². The largest absolute Gasteiger partial charge is 0.445 e. The van der Waals surface area contributed by atoms with Gasteiger partial charge in [-0.2, -0.15) is 0 Å². The van der Waals surface area contributed by atoms with E-state index in [9.17, 15) is 14.4 Å². The molecular formula is C28H34N4O6. The number of amides is 3. The van der Waals surface area contributed by atoms with E-state index in [4.69, 9.17) is 14.3 Å². The number of aromatic nitrogens is 1. The first kappa shape index (κ1) is 28.3. The van der Waals surface area contributed by atoms with Crippen molar-refractivity contribution in [3.8, 4) is 0 Å². The number of carbonyl (C=O) groups excluding carboxylic acids is 3. The van der Waals surface area contributed by atoms with Crippen LogP contribution in [0.5, 0.6) is 0 Å². The Morgan fingerprint density at radius 3 is 2.42 bits per heavy atom. The lowest BCUT2D eigenvalue weighted by atomic mass is 10.1. The number of fused-ring (bicyclic) bond motifs is 1. The predicted molar refractivity (Wildman–Crippen MR) is 143 cm³/mol. The highest BCUT2D eigenvalue weighted by molar-refractivity contribution is 5.86. The lowest BCUT2D eigenvalue weighted by Crippen LogP contribution is -2.49. The second kappa shape index (κ2) is 13.3. The molecule has 0 bridgehead atoms. The van der Waals surface area contributed by atoms with Crippen molar-refractivity contribution in [2.24, 2.45) is 0 Å². The van der Waals surface area contributed by atoms with Crippen molar-refractivity contribution >= 4 is 29.0 Å². The molecule has 0 aliphatic carbocycles. The summed E-state index contributed by atoms with van der Waals surface area (Å²) in [6, 6.07) is 16.0. The minimum absolute atomic E-state index is 0.104. The average Bonchev–Trinajstić information content (AvgIpc) is 3.28. The molecule has 1 heterocycles. The van der Waals surface area contributed by atoms with Gasteiger partial charge in [0, 0.05) is 24.2 Å². The van der Waals surface area contributed by atoms with Crippen LogP contribution in [0.1, 0.15) is 37.6 Å². The summed E-state index contributed by atoms with van der Waals surface area (Å²) in [4.78, 5) is 45.6. The van der Waals surface area contributed by atoms with E-state index in [1.165, 1.54) is 6.08 Å². The number of hydrogen-bond donors (Lipinski definition) is 4. The van der Waals surface area contributed by atoms with Crippen LogP contribution in [0.3, 0.4) is 0 Å². The van der Waals surface area contributed by atoms with Gasteiger partial charge in [0.15, 0.2) is 0 Å². The molecule has 0 saturated carbocycles. The quantitative estimate of drug-likeness (QED) is 0.220. The monoisotopic (exact) mass is 522 g/mol. The highest BCUT2D eigenvalue weighted by atomic mass is 16.7. The Kier molecular flexibility index (Phi) is 9.89. The fourth-order valence-electron chi connectivity index (χ4n) is 3.50. The Morgan fingerprint density at radius 1 is 1.03 bits per heavy atom. The summed E-state index contributed by atoms with van der Waals surface area (Å²) in [5, 5.41) is 6.27. The number of ether oxygens (including phenoxy) is 2. The number of rotatable bonds is 11. The third-order valence-corrected chi connectivity index (χ3v) is 5.22. The van der Waals surface area contributed by atoms with Crippen molar-refractivity contribution in [2.45, 2.75) is 52.0 Å². The number of hydrogen-bond acceptors (Lipinski definition) is 6. The number of aromatic amines is 1. The molecule has 0 aliphatic heterocycles. The molecule has 2 aromatic carbocycles. The Bertz CT molecular complexity index is 1210. The van der Waals surface area contributed by atoms with Crippen LogP contribution in [-0.4, -0.2) is 41.3 Å². The number of benzene rings is 2. The zero-order chi connectivity index (χ0) is 27.5. The summed E-state index contributed by atoms with van der Waals surface area (Å²) in [5.41, 5.74) is 5.09. The van der Waals surface area contributed by atoms with Crippen molar-refractivity contribution in [3.63, 3.8) is 0 Å². The van der Waals surface area contributed by atoms with E-state index in [0.717, 1.165) is 27.7 Å². The summed E-state index contributed by atoms with van der Waals surface area (Å²) in [6.45, 7) is 9.29. The zero-order valence-corrected chi connectivity index (χ0v) is 21.8. The number of nitrogens with one attached hydrogen (secondary N) is 4. The number of para-hydroxylation sites is 1. The molecule has 0 saturated heterocycles. The minimum atomic E-state index is -0.938. The summed E-state index contributed by atoms with van der Waals surface area (Å²) in [7, 11) is 0. The van der Waals surface area contributed by atoms with Crippen LogP contribution in [0.15, 0.2) is 67.3 Å². The Labute approximate surface area is 221 Å². The molecule has 0 radical (unpaired) electrons. The normalized spacial score (nSPS) is 11.9. The van der Waals surface area contributed by atoms with Crippen LogP contribution in [0.25, 0.3) is 10.9 Å². The highest BCUT2D eigenvalue weighted by Crippen LogP contribution is 2.16. The van der Waals surface area contributed by atoms with Gasteiger partial charge in [0.2, 0.25) is 0 Å². The summed E-state index contributed by atoms with van der Waals surface area (Å²) in [6.07, 6.45) is 0.471. The van der Waals surface area contributed by atoms with Gasteiger partial charge in [0.05, 0.1) is 6.61 Å². The second-order valence-electron chi connectivity index (χ2n) is 9.60. The van der Waals surface area contributed by atoms with Gasteiger partial charge in [-0.15, -0.1) is 0 Å². The van der Waals surface area contributed by atoms with Gasteiger partial charge in [-0.05, 0) is 49.4 Å². The third kappa shape index (κ3) is 9.29. The fourth-order valence-corrected chi connectivity index (χ4v) is 3.50. The van der Waals surface area contributed by atoms with Crippen LogP contribution < -0.4 is 16.1 Å². The van der Waals surface area contributed by atoms with Gasteiger partial charge in [-0.3, -0.25) is 9.63 Å². The van der Waals surface area contributed by atoms with E-state index in [2.05, 4.69) is 27.7 Å². The zero-order valence-electron chi connectivity index (χ0n) is 21.8. The lowest BCUT2D eigenvalue weighted by molar-refractivity contribution is -0.136. The van der Waals surface area contributed by atoms with Gasteiger partial charge in [0.1, 0.15) is 18.2 Å². The number of hydroxylamine groups is 1. The van der Waals surface area contributed by atoms with Crippen LogP contribution in [0, 0.1) is 0 Å². The molecule has 10 heteroatoms. The van der Waals surface area contributed by atoms with Crippen molar-refractivity contribution in [2.75, 3.05) is 6.61 Å². The molecule has 0 fully saturated rings. The molecule has 38 heavy (non-hydrogen) atoms. The first-order valence-corrected chi connectivity index (χ1v) is 12.2. The average molecular weight is 523 g/mol. The molecule has 0 unspecified atom stereocenters. The first-order chi connectivity index (χ1) is 18.1. The maximum Gasteiger partial charge on any atom is 0.408 e. The van der Waals surface area contributed by atoms with E-state index in [1.807, 2.05) is 54.6 Å². The fraction of sp³-hybridized carbons (Fsp3) is 0.321. The van der Waals surface area contributed by atoms with Crippen LogP contribution in [-0.2, 0) is 38.7 Å². The van der Waals surface area contributed by atoms with E-state index >= 15 is 0 Å². The lowest BCUT2D eigenvalue weighted by Gasteiger charge is -2.23. The van der Waals surface area contributed by atoms with Gasteiger partial charge in [-0.25, -0.2) is 15.1 Å². The number of alkyl carbamates (subject to hydrolysis) is 2. The maximum atomic E-state index is 13.0. The third-order valence-electron chi connectivity index (χ3n) is 5.22. The summed E-state index contributed by atoms with van der Waals surface area (Å²) >= 11 is 0. The van der Waals surface area contributed by atoms with E-state index in [-0.39, 0.29) is 19.6 Å². The summed E-state index contributed by atoms with van der Waals surface area (Å²) < 4.78 is 10.2. The van der Waals surface area contributed by atoms with Gasteiger partial charge < -0.3 is 25.1 Å². The molecule has 1 atom stereocenters. The first-order valence-electron chi connectivity index (χ1n) is 12.2. The molecule has 4 N–H and O–H groups in total. The molecule has 3 amide bonds. The van der Waals surface area contributed by atoms with Gasteiger partial charge in [0.25, 0.3) is 5.91 Å².